The number of hydrogen-bond acceptors (Lipinski definition) is 2. The number of halogens is 3. The molecule has 0 aliphatic rings. The lowest BCUT2D eigenvalue weighted by atomic mass is 10.1. The molecule has 0 spiro atoms. The topological polar surface area (TPSA) is 17.1 Å². The van der Waals surface area contributed by atoms with Crippen molar-refractivity contribution in [2.24, 2.45) is 0 Å². The van der Waals surface area contributed by atoms with Crippen molar-refractivity contribution < 1.29 is 9.18 Å². The van der Waals surface area contributed by atoms with Crippen LogP contribution in [0.15, 0.2) is 32.5 Å². The van der Waals surface area contributed by atoms with Gasteiger partial charge in [0.15, 0.2) is 0 Å². The van der Waals surface area contributed by atoms with E-state index in [9.17, 15) is 9.18 Å². The lowest BCUT2D eigenvalue weighted by Crippen LogP contribution is -2.02. The van der Waals surface area contributed by atoms with Gasteiger partial charge < -0.3 is 0 Å². The molecule has 5 heteroatoms. The van der Waals surface area contributed by atoms with Gasteiger partial charge >= 0.3 is 0 Å². The number of hydrogen-bond donors (Lipinski definition) is 0. The van der Waals surface area contributed by atoms with Crippen LogP contribution in [0.5, 0.6) is 0 Å². The van der Waals surface area contributed by atoms with E-state index in [1.54, 1.807) is 12.1 Å². The van der Waals surface area contributed by atoms with E-state index < -0.39 is 5.82 Å². The molecule has 88 valence electrons. The predicted octanol–water partition coefficient (Wildman–Crippen LogP) is 4.95. The highest BCUT2D eigenvalue weighted by Crippen LogP contribution is 2.30. The first-order chi connectivity index (χ1) is 7.99. The fourth-order valence-corrected chi connectivity index (χ4v) is 3.23. The standard InChI is InChI=1S/C12H7Br2FOS/c1-6-4-10(17-12(6)14)11(16)8-5-7(13)2-3-9(8)15/h2-5H,1H3. The number of aryl methyl sites for hydroxylation is 1. The van der Waals surface area contributed by atoms with Gasteiger partial charge in [0.05, 0.1) is 14.2 Å². The Morgan fingerprint density at radius 1 is 1.29 bits per heavy atom. The van der Waals surface area contributed by atoms with Crippen molar-refractivity contribution in [1.29, 1.82) is 0 Å². The lowest BCUT2D eigenvalue weighted by molar-refractivity contribution is 0.103. The molecule has 1 nitrogen and oxygen atoms in total. The molecule has 0 aliphatic heterocycles. The molecular weight excluding hydrogens is 371 g/mol. The van der Waals surface area contributed by atoms with Gasteiger partial charge in [0, 0.05) is 4.47 Å². The molecule has 1 aromatic heterocycles. The lowest BCUT2D eigenvalue weighted by Gasteiger charge is -2.00. The van der Waals surface area contributed by atoms with E-state index >= 15 is 0 Å². The third-order valence-electron chi connectivity index (χ3n) is 2.25. The summed E-state index contributed by atoms with van der Waals surface area (Å²) in [6.07, 6.45) is 0. The molecule has 0 N–H and O–H groups in total. The summed E-state index contributed by atoms with van der Waals surface area (Å²) in [5.41, 5.74) is 1.07. The van der Waals surface area contributed by atoms with Gasteiger partial charge in [-0.25, -0.2) is 4.39 Å². The number of ketones is 1. The second-order valence-corrected chi connectivity index (χ2v) is 6.81. The van der Waals surface area contributed by atoms with Gasteiger partial charge in [0.2, 0.25) is 5.78 Å². The fourth-order valence-electron chi connectivity index (χ4n) is 1.38. The molecule has 0 fully saturated rings. The van der Waals surface area contributed by atoms with Crippen molar-refractivity contribution in [1.82, 2.24) is 0 Å². The first-order valence-corrected chi connectivity index (χ1v) is 7.15. The van der Waals surface area contributed by atoms with Gasteiger partial charge in [-0.1, -0.05) is 15.9 Å². The third kappa shape index (κ3) is 2.67. The summed E-state index contributed by atoms with van der Waals surface area (Å²) >= 11 is 7.90. The molecule has 1 aromatic carbocycles. The molecule has 0 aliphatic carbocycles. The summed E-state index contributed by atoms with van der Waals surface area (Å²) in [5, 5.41) is 0. The Labute approximate surface area is 119 Å². The van der Waals surface area contributed by atoms with Crippen LogP contribution in [0.4, 0.5) is 4.39 Å². The summed E-state index contributed by atoms with van der Waals surface area (Å²) in [5.74, 6) is -0.789. The van der Waals surface area contributed by atoms with Crippen LogP contribution in [-0.2, 0) is 0 Å². The maximum atomic E-state index is 13.6. The Morgan fingerprint density at radius 2 is 2.00 bits per heavy atom. The average Bonchev–Trinajstić information content (AvgIpc) is 2.62. The zero-order chi connectivity index (χ0) is 12.6. The van der Waals surface area contributed by atoms with E-state index in [0.29, 0.717) is 9.35 Å². The average molecular weight is 378 g/mol. The van der Waals surface area contributed by atoms with E-state index in [1.807, 2.05) is 6.92 Å². The van der Waals surface area contributed by atoms with Crippen LogP contribution in [0.3, 0.4) is 0 Å². The molecule has 0 atom stereocenters. The molecule has 17 heavy (non-hydrogen) atoms. The van der Waals surface area contributed by atoms with Crippen molar-refractivity contribution in [3.63, 3.8) is 0 Å². The Morgan fingerprint density at radius 3 is 2.59 bits per heavy atom. The van der Waals surface area contributed by atoms with Crippen LogP contribution < -0.4 is 0 Å². The second kappa shape index (κ2) is 5.00. The molecule has 0 saturated carbocycles. The highest BCUT2D eigenvalue weighted by atomic mass is 79.9. The zero-order valence-corrected chi connectivity index (χ0v) is 12.7. The van der Waals surface area contributed by atoms with Crippen molar-refractivity contribution in [2.75, 3.05) is 0 Å². The Bertz CT molecular complexity index is 573. The van der Waals surface area contributed by atoms with Crippen LogP contribution in [0.2, 0.25) is 0 Å². The SMILES string of the molecule is Cc1cc(C(=O)c2cc(Br)ccc2F)sc1Br. The highest BCUT2D eigenvalue weighted by Gasteiger charge is 2.17. The molecule has 0 bridgehead atoms. The Hall–Kier alpha value is -0.520. The van der Waals surface area contributed by atoms with E-state index in [0.717, 1.165) is 9.35 Å². The van der Waals surface area contributed by atoms with Gasteiger partial charge in [-0.2, -0.15) is 0 Å². The predicted molar refractivity (Wildman–Crippen MR) is 74.3 cm³/mol. The Balaban J connectivity index is 2.47. The quantitative estimate of drug-likeness (QED) is 0.676. The van der Waals surface area contributed by atoms with Crippen LogP contribution in [0.25, 0.3) is 0 Å². The molecule has 1 heterocycles. The minimum Gasteiger partial charge on any atom is -0.288 e. The first-order valence-electron chi connectivity index (χ1n) is 4.74. The summed E-state index contributed by atoms with van der Waals surface area (Å²) in [6.45, 7) is 1.90. The van der Waals surface area contributed by atoms with Crippen molar-refractivity contribution in [3.05, 3.63) is 54.3 Å². The number of carbonyl (C=O) groups is 1. The smallest absolute Gasteiger partial charge is 0.205 e. The molecule has 2 aromatic rings. The third-order valence-corrected chi connectivity index (χ3v) is 4.88. The maximum Gasteiger partial charge on any atom is 0.205 e. The molecule has 0 radical (unpaired) electrons. The van der Waals surface area contributed by atoms with Gasteiger partial charge in [-0.3, -0.25) is 4.79 Å². The largest absolute Gasteiger partial charge is 0.288 e. The summed E-state index contributed by atoms with van der Waals surface area (Å²) < 4.78 is 15.2. The first kappa shape index (κ1) is 12.9. The van der Waals surface area contributed by atoms with E-state index in [1.165, 1.54) is 23.5 Å². The monoisotopic (exact) mass is 376 g/mol. The number of benzene rings is 1. The molecule has 0 amide bonds. The Kier molecular flexibility index (Phi) is 3.80. The van der Waals surface area contributed by atoms with Gasteiger partial charge in [0.25, 0.3) is 0 Å². The van der Waals surface area contributed by atoms with Crippen LogP contribution in [0.1, 0.15) is 20.8 Å². The fraction of sp³-hybridized carbons (Fsp3) is 0.0833. The van der Waals surface area contributed by atoms with E-state index in [4.69, 9.17) is 0 Å². The van der Waals surface area contributed by atoms with Gasteiger partial charge in [-0.05, 0) is 52.7 Å². The van der Waals surface area contributed by atoms with E-state index in [2.05, 4.69) is 31.9 Å². The molecule has 2 rings (SSSR count). The van der Waals surface area contributed by atoms with Crippen LogP contribution in [-0.4, -0.2) is 5.78 Å². The van der Waals surface area contributed by atoms with Crippen LogP contribution >= 0.6 is 43.2 Å². The summed E-state index contributed by atoms with van der Waals surface area (Å²) in [7, 11) is 0. The minimum absolute atomic E-state index is 0.0909. The second-order valence-electron chi connectivity index (χ2n) is 3.52. The van der Waals surface area contributed by atoms with Crippen molar-refractivity contribution in [3.8, 4) is 0 Å². The minimum atomic E-state index is -0.500. The normalized spacial score (nSPS) is 10.6. The van der Waals surface area contributed by atoms with Crippen LogP contribution in [0, 0.1) is 12.7 Å². The van der Waals surface area contributed by atoms with E-state index in [-0.39, 0.29) is 11.3 Å². The molecular formula is C12H7Br2FOS. The van der Waals surface area contributed by atoms with Crippen molar-refractivity contribution in [2.45, 2.75) is 6.92 Å². The maximum absolute atomic E-state index is 13.6. The highest BCUT2D eigenvalue weighted by molar-refractivity contribution is 9.11. The number of rotatable bonds is 2. The van der Waals surface area contributed by atoms with Gasteiger partial charge in [-0.15, -0.1) is 11.3 Å². The van der Waals surface area contributed by atoms with Gasteiger partial charge in [0.1, 0.15) is 5.82 Å². The molecule has 0 unspecified atom stereocenters. The summed E-state index contributed by atoms with van der Waals surface area (Å²) in [6, 6.07) is 6.12. The number of thiophene rings is 1. The molecule has 0 saturated heterocycles. The summed E-state index contributed by atoms with van der Waals surface area (Å²) in [4.78, 5) is 12.6. The number of carbonyl (C=O) groups excluding carboxylic acids is 1. The zero-order valence-electron chi connectivity index (χ0n) is 8.76. The van der Waals surface area contributed by atoms with Crippen molar-refractivity contribution >= 4 is 49.0 Å².